The molecule has 1 aliphatic heterocycles. The Balaban J connectivity index is 1.68. The number of nitrogen functional groups attached to an aromatic ring is 1. The van der Waals surface area contributed by atoms with E-state index in [4.69, 9.17) is 30.1 Å². The normalized spacial score (nSPS) is 15.4. The number of carbonyl (C=O) groups is 2. The second-order valence-corrected chi connectivity index (χ2v) is 6.91. The summed E-state index contributed by atoms with van der Waals surface area (Å²) in [5, 5.41) is 7.71. The van der Waals surface area contributed by atoms with Crippen molar-refractivity contribution in [3.05, 3.63) is 48.0 Å². The van der Waals surface area contributed by atoms with E-state index >= 15 is 0 Å². The molecule has 0 saturated carbocycles. The van der Waals surface area contributed by atoms with Gasteiger partial charge in [-0.15, -0.1) is 0 Å². The SMILES string of the molecule is CCCOc1ccc(OCC2CN(c3cccc(C(=N)N)c3OC(C)=O)C(=O)O2)cc1. The molecular weight excluding hydrogens is 402 g/mol. The summed E-state index contributed by atoms with van der Waals surface area (Å²) in [7, 11) is 0. The summed E-state index contributed by atoms with van der Waals surface area (Å²) in [6.07, 6.45) is -0.211. The van der Waals surface area contributed by atoms with Crippen molar-refractivity contribution in [1.82, 2.24) is 0 Å². The second kappa shape index (κ2) is 9.84. The fourth-order valence-corrected chi connectivity index (χ4v) is 3.05. The number of nitrogens with zero attached hydrogens (tertiary/aromatic N) is 1. The van der Waals surface area contributed by atoms with Gasteiger partial charge in [-0.3, -0.25) is 15.1 Å². The van der Waals surface area contributed by atoms with Crippen LogP contribution >= 0.6 is 0 Å². The van der Waals surface area contributed by atoms with Gasteiger partial charge in [-0.05, 0) is 42.8 Å². The van der Waals surface area contributed by atoms with Gasteiger partial charge < -0.3 is 24.7 Å². The zero-order chi connectivity index (χ0) is 22.4. The summed E-state index contributed by atoms with van der Waals surface area (Å²) >= 11 is 0. The third kappa shape index (κ3) is 5.44. The van der Waals surface area contributed by atoms with Crippen LogP contribution in [0.5, 0.6) is 17.2 Å². The first-order chi connectivity index (χ1) is 14.9. The number of nitrogens with two attached hydrogens (primary N) is 1. The topological polar surface area (TPSA) is 124 Å². The molecule has 1 saturated heterocycles. The molecule has 2 aromatic carbocycles. The first-order valence-corrected chi connectivity index (χ1v) is 9.88. The Hall–Kier alpha value is -3.75. The molecule has 3 N–H and O–H groups in total. The zero-order valence-corrected chi connectivity index (χ0v) is 17.4. The van der Waals surface area contributed by atoms with E-state index in [1.165, 1.54) is 11.8 Å². The number of hydrogen-bond donors (Lipinski definition) is 2. The number of anilines is 1. The number of ether oxygens (including phenoxy) is 4. The van der Waals surface area contributed by atoms with E-state index < -0.39 is 18.2 Å². The van der Waals surface area contributed by atoms with Crippen LogP contribution in [0.1, 0.15) is 25.8 Å². The van der Waals surface area contributed by atoms with E-state index in [-0.39, 0.29) is 30.3 Å². The Bertz CT molecular complexity index is 960. The fourth-order valence-electron chi connectivity index (χ4n) is 3.05. The molecule has 9 heteroatoms. The smallest absolute Gasteiger partial charge is 0.415 e. The number of carbonyl (C=O) groups excluding carboxylic acids is 2. The summed E-state index contributed by atoms with van der Waals surface area (Å²) < 4.78 is 21.9. The summed E-state index contributed by atoms with van der Waals surface area (Å²) in [5.41, 5.74) is 6.11. The molecule has 2 aromatic rings. The van der Waals surface area contributed by atoms with Gasteiger partial charge in [-0.25, -0.2) is 4.79 Å². The Labute approximate surface area is 180 Å². The number of cyclic esters (lactones) is 1. The van der Waals surface area contributed by atoms with Crippen LogP contribution in [0.4, 0.5) is 10.5 Å². The molecule has 1 atom stereocenters. The maximum atomic E-state index is 12.5. The number of nitrogens with one attached hydrogen (secondary N) is 1. The van der Waals surface area contributed by atoms with Crippen LogP contribution in [0.15, 0.2) is 42.5 Å². The molecule has 1 fully saturated rings. The van der Waals surface area contributed by atoms with E-state index in [2.05, 4.69) is 0 Å². The van der Waals surface area contributed by atoms with Crippen molar-refractivity contribution in [2.75, 3.05) is 24.7 Å². The first kappa shape index (κ1) is 21.9. The quantitative estimate of drug-likeness (QED) is 0.273. The largest absolute Gasteiger partial charge is 0.494 e. The lowest BCUT2D eigenvalue weighted by Gasteiger charge is -2.19. The minimum absolute atomic E-state index is 0.0451. The molecule has 0 spiro atoms. The van der Waals surface area contributed by atoms with Crippen molar-refractivity contribution in [2.24, 2.45) is 5.73 Å². The van der Waals surface area contributed by atoms with Crippen molar-refractivity contribution < 1.29 is 28.5 Å². The Kier molecular flexibility index (Phi) is 6.96. The van der Waals surface area contributed by atoms with Gasteiger partial charge in [-0.2, -0.15) is 0 Å². The molecule has 164 valence electrons. The lowest BCUT2D eigenvalue weighted by Crippen LogP contribution is -2.28. The standard InChI is InChI=1S/C22H25N3O6/c1-3-11-28-15-7-9-16(10-8-15)29-13-17-12-25(22(27)31-17)19-6-4-5-18(21(23)24)20(19)30-14(2)26/h4-10,17H,3,11-13H2,1-2H3,(H3,23,24). The molecule has 0 aliphatic carbocycles. The van der Waals surface area contributed by atoms with Crippen molar-refractivity contribution in [3.63, 3.8) is 0 Å². The molecule has 0 radical (unpaired) electrons. The van der Waals surface area contributed by atoms with Crippen LogP contribution in [0.3, 0.4) is 0 Å². The maximum Gasteiger partial charge on any atom is 0.415 e. The zero-order valence-electron chi connectivity index (χ0n) is 17.4. The Morgan fingerprint density at radius 3 is 2.48 bits per heavy atom. The van der Waals surface area contributed by atoms with Crippen LogP contribution in [-0.4, -0.2) is 43.8 Å². The van der Waals surface area contributed by atoms with Gasteiger partial charge in [0.25, 0.3) is 0 Å². The van der Waals surface area contributed by atoms with Crippen LogP contribution < -0.4 is 24.8 Å². The van der Waals surface area contributed by atoms with E-state index in [0.717, 1.165) is 12.2 Å². The second-order valence-electron chi connectivity index (χ2n) is 6.91. The van der Waals surface area contributed by atoms with Crippen molar-refractivity contribution in [3.8, 4) is 17.2 Å². The molecule has 31 heavy (non-hydrogen) atoms. The lowest BCUT2D eigenvalue weighted by molar-refractivity contribution is -0.131. The maximum absolute atomic E-state index is 12.5. The fraction of sp³-hybridized carbons (Fsp3) is 0.318. The predicted octanol–water partition coefficient (Wildman–Crippen LogP) is 3.09. The average Bonchev–Trinajstić information content (AvgIpc) is 3.11. The number of amidine groups is 1. The molecule has 0 aromatic heterocycles. The van der Waals surface area contributed by atoms with Gasteiger partial charge in [0, 0.05) is 6.92 Å². The van der Waals surface area contributed by atoms with Crippen LogP contribution in [0, 0.1) is 5.41 Å². The Morgan fingerprint density at radius 2 is 1.87 bits per heavy atom. The van der Waals surface area contributed by atoms with Gasteiger partial charge in [0.05, 0.1) is 24.4 Å². The number of esters is 1. The molecule has 1 heterocycles. The van der Waals surface area contributed by atoms with E-state index in [0.29, 0.717) is 18.0 Å². The minimum Gasteiger partial charge on any atom is -0.494 e. The van der Waals surface area contributed by atoms with Gasteiger partial charge in [0.15, 0.2) is 11.9 Å². The summed E-state index contributed by atoms with van der Waals surface area (Å²) in [6, 6.07) is 12.0. The van der Waals surface area contributed by atoms with Crippen LogP contribution in [-0.2, 0) is 9.53 Å². The van der Waals surface area contributed by atoms with Crippen molar-refractivity contribution >= 4 is 23.6 Å². The van der Waals surface area contributed by atoms with Gasteiger partial charge in [0.2, 0.25) is 0 Å². The number of hydrogen-bond acceptors (Lipinski definition) is 7. The van der Waals surface area contributed by atoms with Gasteiger partial charge >= 0.3 is 12.1 Å². The first-order valence-electron chi connectivity index (χ1n) is 9.88. The lowest BCUT2D eigenvalue weighted by atomic mass is 10.1. The minimum atomic E-state index is -0.606. The summed E-state index contributed by atoms with van der Waals surface area (Å²) in [5.74, 6) is 0.558. The number of para-hydroxylation sites is 1. The van der Waals surface area contributed by atoms with E-state index in [1.807, 2.05) is 19.1 Å². The molecule has 1 aliphatic rings. The third-order valence-corrected chi connectivity index (χ3v) is 4.43. The molecule has 9 nitrogen and oxygen atoms in total. The average molecular weight is 427 g/mol. The van der Waals surface area contributed by atoms with E-state index in [9.17, 15) is 9.59 Å². The highest BCUT2D eigenvalue weighted by Gasteiger charge is 2.35. The van der Waals surface area contributed by atoms with Gasteiger partial charge in [-0.1, -0.05) is 13.0 Å². The number of amides is 1. The van der Waals surface area contributed by atoms with Crippen LogP contribution in [0.2, 0.25) is 0 Å². The molecule has 1 amide bonds. The van der Waals surface area contributed by atoms with Crippen LogP contribution in [0.25, 0.3) is 0 Å². The Morgan fingerprint density at radius 1 is 1.19 bits per heavy atom. The molecule has 1 unspecified atom stereocenters. The predicted molar refractivity (Wildman–Crippen MR) is 114 cm³/mol. The molecular formula is C22H25N3O6. The van der Waals surface area contributed by atoms with Crippen molar-refractivity contribution in [2.45, 2.75) is 26.4 Å². The van der Waals surface area contributed by atoms with E-state index in [1.54, 1.807) is 30.3 Å². The van der Waals surface area contributed by atoms with Gasteiger partial charge in [0.1, 0.15) is 23.9 Å². The summed E-state index contributed by atoms with van der Waals surface area (Å²) in [4.78, 5) is 25.3. The molecule has 3 rings (SSSR count). The molecule has 0 bridgehead atoms. The summed E-state index contributed by atoms with van der Waals surface area (Å²) in [6.45, 7) is 4.25. The third-order valence-electron chi connectivity index (χ3n) is 4.43. The monoisotopic (exact) mass is 427 g/mol. The highest BCUT2D eigenvalue weighted by atomic mass is 16.6. The highest BCUT2D eigenvalue weighted by Crippen LogP contribution is 2.35. The number of rotatable bonds is 9. The number of benzene rings is 2. The van der Waals surface area contributed by atoms with Crippen molar-refractivity contribution in [1.29, 1.82) is 5.41 Å². The highest BCUT2D eigenvalue weighted by molar-refractivity contribution is 6.02.